The van der Waals surface area contributed by atoms with E-state index in [1.54, 1.807) is 13.1 Å². The third-order valence-corrected chi connectivity index (χ3v) is 3.96. The molecule has 4 aromatic rings. The van der Waals surface area contributed by atoms with Gasteiger partial charge in [-0.25, -0.2) is 9.97 Å². The van der Waals surface area contributed by atoms with Crippen LogP contribution in [0.15, 0.2) is 55.0 Å². The largest absolute Gasteiger partial charge is 0.355 e. The van der Waals surface area contributed by atoms with Gasteiger partial charge in [0.05, 0.1) is 0 Å². The van der Waals surface area contributed by atoms with Crippen LogP contribution in [0.1, 0.15) is 10.4 Å². The molecule has 0 unspecified atom stereocenters. The lowest BCUT2D eigenvalue weighted by atomic mass is 10.0. The third-order valence-electron chi connectivity index (χ3n) is 3.96. The van der Waals surface area contributed by atoms with Crippen LogP contribution in [0.25, 0.3) is 33.1 Å². The van der Waals surface area contributed by atoms with Gasteiger partial charge in [0, 0.05) is 35.1 Å². The normalized spacial score (nSPS) is 11.0. The van der Waals surface area contributed by atoms with E-state index in [1.807, 2.05) is 30.5 Å². The summed E-state index contributed by atoms with van der Waals surface area (Å²) < 4.78 is 0. The van der Waals surface area contributed by atoms with Gasteiger partial charge in [0.25, 0.3) is 5.91 Å². The molecule has 2 aromatic carbocycles. The number of benzene rings is 2. The molecule has 0 saturated carbocycles. The summed E-state index contributed by atoms with van der Waals surface area (Å²) in [5, 5.41) is 4.74. The molecule has 0 atom stereocenters. The van der Waals surface area contributed by atoms with Gasteiger partial charge in [-0.1, -0.05) is 24.3 Å². The molecule has 0 aliphatic heterocycles. The van der Waals surface area contributed by atoms with Crippen molar-refractivity contribution in [1.29, 1.82) is 0 Å². The van der Waals surface area contributed by atoms with Gasteiger partial charge in [0.15, 0.2) is 0 Å². The second-order valence-corrected chi connectivity index (χ2v) is 5.33. The second kappa shape index (κ2) is 5.21. The Morgan fingerprint density at radius 1 is 1.09 bits per heavy atom. The fourth-order valence-electron chi connectivity index (χ4n) is 2.80. The maximum Gasteiger partial charge on any atom is 0.251 e. The van der Waals surface area contributed by atoms with Crippen LogP contribution >= 0.6 is 0 Å². The highest BCUT2D eigenvalue weighted by molar-refractivity contribution is 6.06. The summed E-state index contributed by atoms with van der Waals surface area (Å²) in [6.07, 6.45) is 3.35. The van der Waals surface area contributed by atoms with E-state index < -0.39 is 0 Å². The summed E-state index contributed by atoms with van der Waals surface area (Å²) in [7, 11) is 1.63. The van der Waals surface area contributed by atoms with E-state index in [0.717, 1.165) is 33.1 Å². The van der Waals surface area contributed by atoms with Crippen LogP contribution in [0.4, 0.5) is 0 Å². The molecule has 0 bridgehead atoms. The maximum atomic E-state index is 11.8. The first-order valence-electron chi connectivity index (χ1n) is 7.30. The van der Waals surface area contributed by atoms with E-state index >= 15 is 0 Å². The molecule has 0 saturated heterocycles. The fourth-order valence-corrected chi connectivity index (χ4v) is 2.80. The molecule has 0 aliphatic carbocycles. The average molecular weight is 302 g/mol. The van der Waals surface area contributed by atoms with Crippen molar-refractivity contribution < 1.29 is 4.79 Å². The fraction of sp³-hybridized carbons (Fsp3) is 0.0556. The minimum atomic E-state index is -0.0891. The summed E-state index contributed by atoms with van der Waals surface area (Å²) in [4.78, 5) is 23.4. The second-order valence-electron chi connectivity index (χ2n) is 5.33. The number of rotatable bonds is 2. The average Bonchev–Trinajstić information content (AvgIpc) is 2.99. The molecule has 112 valence electrons. The molecule has 5 nitrogen and oxygen atoms in total. The van der Waals surface area contributed by atoms with E-state index in [-0.39, 0.29) is 5.91 Å². The molecule has 5 heteroatoms. The summed E-state index contributed by atoms with van der Waals surface area (Å²) >= 11 is 0. The first-order chi connectivity index (χ1) is 11.3. The number of fused-ring (bicyclic) bond motifs is 3. The van der Waals surface area contributed by atoms with Crippen molar-refractivity contribution in [3.63, 3.8) is 0 Å². The molecule has 2 N–H and O–H groups in total. The molecule has 0 radical (unpaired) electrons. The van der Waals surface area contributed by atoms with Crippen molar-refractivity contribution in [3.8, 4) is 11.1 Å². The molecule has 0 fully saturated rings. The van der Waals surface area contributed by atoms with Gasteiger partial charge < -0.3 is 10.3 Å². The van der Waals surface area contributed by atoms with Gasteiger partial charge >= 0.3 is 0 Å². The number of aromatic nitrogens is 3. The zero-order chi connectivity index (χ0) is 15.8. The van der Waals surface area contributed by atoms with Crippen molar-refractivity contribution in [2.75, 3.05) is 7.05 Å². The third kappa shape index (κ3) is 2.23. The lowest BCUT2D eigenvalue weighted by molar-refractivity contribution is 0.0963. The summed E-state index contributed by atoms with van der Waals surface area (Å²) in [5.74, 6) is -0.0891. The topological polar surface area (TPSA) is 70.7 Å². The standard InChI is InChI=1S/C18H14N4O/c1-19-18(23)13-4-2-3-11(7-13)12-5-6-14-15-9-20-10-21-17(15)22-16(14)8-12/h2-10H,1H3,(H,19,23)(H,20,21,22). The van der Waals surface area contributed by atoms with Crippen LogP contribution < -0.4 is 5.32 Å². The monoisotopic (exact) mass is 302 g/mol. The highest BCUT2D eigenvalue weighted by atomic mass is 16.1. The van der Waals surface area contributed by atoms with Gasteiger partial charge in [0.2, 0.25) is 0 Å². The smallest absolute Gasteiger partial charge is 0.251 e. The molecule has 4 rings (SSSR count). The van der Waals surface area contributed by atoms with Crippen molar-refractivity contribution in [1.82, 2.24) is 20.3 Å². The Kier molecular flexibility index (Phi) is 3.05. The molecule has 2 heterocycles. The van der Waals surface area contributed by atoms with Gasteiger partial charge in [-0.05, 0) is 29.3 Å². The number of hydrogen-bond acceptors (Lipinski definition) is 3. The lowest BCUT2D eigenvalue weighted by Crippen LogP contribution is -2.17. The van der Waals surface area contributed by atoms with Crippen LogP contribution in [0, 0.1) is 0 Å². The van der Waals surface area contributed by atoms with E-state index in [1.165, 1.54) is 6.33 Å². The Labute approximate surface area is 132 Å². The Hall–Kier alpha value is -3.21. The Bertz CT molecular complexity index is 1040. The molecular weight excluding hydrogens is 288 g/mol. The van der Waals surface area contributed by atoms with Crippen LogP contribution in [0.3, 0.4) is 0 Å². The van der Waals surface area contributed by atoms with Crippen LogP contribution in [-0.4, -0.2) is 27.9 Å². The van der Waals surface area contributed by atoms with Crippen molar-refractivity contribution in [2.45, 2.75) is 0 Å². The van der Waals surface area contributed by atoms with Gasteiger partial charge in [-0.3, -0.25) is 4.79 Å². The van der Waals surface area contributed by atoms with Crippen molar-refractivity contribution >= 4 is 27.8 Å². The SMILES string of the molecule is CNC(=O)c1cccc(-c2ccc3c(c2)[nH]c2ncncc23)c1. The number of nitrogens with one attached hydrogen (secondary N) is 2. The maximum absolute atomic E-state index is 11.8. The quantitative estimate of drug-likeness (QED) is 0.597. The van der Waals surface area contributed by atoms with Gasteiger partial charge in [-0.2, -0.15) is 0 Å². The first kappa shape index (κ1) is 13.5. The minimum absolute atomic E-state index is 0.0891. The van der Waals surface area contributed by atoms with Crippen LogP contribution in [0.2, 0.25) is 0 Å². The van der Waals surface area contributed by atoms with Gasteiger partial charge in [0.1, 0.15) is 12.0 Å². The number of aromatic amines is 1. The first-order valence-corrected chi connectivity index (χ1v) is 7.30. The van der Waals surface area contributed by atoms with E-state index in [4.69, 9.17) is 0 Å². The zero-order valence-electron chi connectivity index (χ0n) is 12.5. The number of carbonyl (C=O) groups excluding carboxylic acids is 1. The van der Waals surface area contributed by atoms with E-state index in [9.17, 15) is 4.79 Å². The number of hydrogen-bond donors (Lipinski definition) is 2. The highest BCUT2D eigenvalue weighted by Gasteiger charge is 2.08. The number of H-pyrrole nitrogens is 1. The highest BCUT2D eigenvalue weighted by Crippen LogP contribution is 2.28. The predicted octanol–water partition coefficient (Wildman–Crippen LogP) is 3.14. The molecule has 2 aromatic heterocycles. The predicted molar refractivity (Wildman–Crippen MR) is 90.2 cm³/mol. The van der Waals surface area contributed by atoms with E-state index in [0.29, 0.717) is 5.56 Å². The Morgan fingerprint density at radius 2 is 1.96 bits per heavy atom. The summed E-state index contributed by atoms with van der Waals surface area (Å²) in [5.41, 5.74) is 4.52. The summed E-state index contributed by atoms with van der Waals surface area (Å²) in [6.45, 7) is 0. The molecule has 0 spiro atoms. The zero-order valence-corrected chi connectivity index (χ0v) is 12.5. The van der Waals surface area contributed by atoms with Gasteiger partial charge in [-0.15, -0.1) is 0 Å². The molecule has 0 aliphatic rings. The van der Waals surface area contributed by atoms with Crippen LogP contribution in [-0.2, 0) is 0 Å². The van der Waals surface area contributed by atoms with Crippen LogP contribution in [0.5, 0.6) is 0 Å². The minimum Gasteiger partial charge on any atom is -0.355 e. The van der Waals surface area contributed by atoms with Crippen molar-refractivity contribution in [2.24, 2.45) is 0 Å². The Morgan fingerprint density at radius 3 is 2.83 bits per heavy atom. The lowest BCUT2D eigenvalue weighted by Gasteiger charge is -2.05. The molecular formula is C18H14N4O. The molecule has 23 heavy (non-hydrogen) atoms. The number of carbonyl (C=O) groups is 1. The Balaban J connectivity index is 1.86. The number of amides is 1. The van der Waals surface area contributed by atoms with Crippen molar-refractivity contribution in [3.05, 3.63) is 60.6 Å². The molecule has 1 amide bonds. The summed E-state index contributed by atoms with van der Waals surface area (Å²) in [6, 6.07) is 13.8. The number of nitrogens with zero attached hydrogens (tertiary/aromatic N) is 2. The van der Waals surface area contributed by atoms with E-state index in [2.05, 4.69) is 32.4 Å².